The van der Waals surface area contributed by atoms with Crippen molar-refractivity contribution in [3.8, 4) is 0 Å². The van der Waals surface area contributed by atoms with Gasteiger partial charge in [-0.3, -0.25) is 9.59 Å². The number of hydrogen-bond donors (Lipinski definition) is 1. The second kappa shape index (κ2) is 4.55. The molecule has 1 N–H and O–H groups in total. The molecule has 96 valence electrons. The zero-order valence-corrected chi connectivity index (χ0v) is 10.3. The van der Waals surface area contributed by atoms with Crippen molar-refractivity contribution in [1.82, 2.24) is 15.1 Å². The molecule has 0 aromatic carbocycles. The minimum absolute atomic E-state index is 0.0972. The van der Waals surface area contributed by atoms with Gasteiger partial charge in [-0.2, -0.15) is 5.10 Å². The lowest BCUT2D eigenvalue weighted by Crippen LogP contribution is -2.32. The Kier molecular flexibility index (Phi) is 2.89. The molecule has 0 bridgehead atoms. The Labute approximate surface area is 105 Å². The second-order valence-electron chi connectivity index (χ2n) is 5.16. The van der Waals surface area contributed by atoms with Gasteiger partial charge >= 0.3 is 0 Å². The fraction of sp³-hybridized carbons (Fsp3) is 0.615. The standard InChI is InChI=1S/C13H17N3O2/c17-12-6-5-11(9-1-2-9)15-16(12)8-7-14-13(18)10-3-4-10/h5-6,9-10H,1-4,7-8H2,(H,14,18). The Morgan fingerprint density at radius 1 is 1.33 bits per heavy atom. The first-order valence-corrected chi connectivity index (χ1v) is 6.60. The summed E-state index contributed by atoms with van der Waals surface area (Å²) in [5, 5.41) is 7.19. The third-order valence-corrected chi connectivity index (χ3v) is 3.45. The molecule has 0 aliphatic heterocycles. The Balaban J connectivity index is 1.58. The molecule has 0 spiro atoms. The minimum atomic E-state index is -0.0972. The van der Waals surface area contributed by atoms with E-state index in [1.807, 2.05) is 6.07 Å². The van der Waals surface area contributed by atoms with Gasteiger partial charge in [0.25, 0.3) is 5.56 Å². The van der Waals surface area contributed by atoms with Crippen molar-refractivity contribution < 1.29 is 4.79 Å². The SMILES string of the molecule is O=C(NCCn1nc(C2CC2)ccc1=O)C1CC1. The summed E-state index contributed by atoms with van der Waals surface area (Å²) in [6.07, 6.45) is 4.34. The van der Waals surface area contributed by atoms with Crippen LogP contribution in [0.15, 0.2) is 16.9 Å². The molecule has 2 aliphatic rings. The molecule has 0 atom stereocenters. The van der Waals surface area contributed by atoms with Gasteiger partial charge in [-0.1, -0.05) is 0 Å². The first kappa shape index (κ1) is 11.4. The highest BCUT2D eigenvalue weighted by Gasteiger charge is 2.29. The normalized spacial score (nSPS) is 18.7. The number of carbonyl (C=O) groups excluding carboxylic acids is 1. The molecule has 2 aliphatic carbocycles. The molecule has 0 saturated heterocycles. The van der Waals surface area contributed by atoms with Crippen LogP contribution in [-0.4, -0.2) is 22.2 Å². The van der Waals surface area contributed by atoms with Crippen molar-refractivity contribution in [2.45, 2.75) is 38.1 Å². The van der Waals surface area contributed by atoms with Crippen LogP contribution in [0.5, 0.6) is 0 Å². The van der Waals surface area contributed by atoms with Crippen molar-refractivity contribution >= 4 is 5.91 Å². The van der Waals surface area contributed by atoms with E-state index in [0.29, 0.717) is 19.0 Å². The summed E-state index contributed by atoms with van der Waals surface area (Å²) in [4.78, 5) is 23.1. The largest absolute Gasteiger partial charge is 0.354 e. The van der Waals surface area contributed by atoms with Gasteiger partial charge in [0.1, 0.15) is 0 Å². The molecule has 1 aromatic heterocycles. The highest BCUT2D eigenvalue weighted by Crippen LogP contribution is 2.38. The average molecular weight is 247 g/mol. The summed E-state index contributed by atoms with van der Waals surface area (Å²) in [6, 6.07) is 3.39. The molecular weight excluding hydrogens is 230 g/mol. The number of carbonyl (C=O) groups is 1. The number of nitrogens with zero attached hydrogens (tertiary/aromatic N) is 2. The Morgan fingerprint density at radius 2 is 2.11 bits per heavy atom. The highest BCUT2D eigenvalue weighted by atomic mass is 16.2. The maximum atomic E-state index is 11.6. The topological polar surface area (TPSA) is 64.0 Å². The van der Waals surface area contributed by atoms with Gasteiger partial charge in [0, 0.05) is 24.4 Å². The Morgan fingerprint density at radius 3 is 2.78 bits per heavy atom. The molecule has 5 nitrogen and oxygen atoms in total. The maximum absolute atomic E-state index is 11.6. The van der Waals surface area contributed by atoms with Crippen molar-refractivity contribution in [2.75, 3.05) is 6.54 Å². The first-order valence-electron chi connectivity index (χ1n) is 6.60. The van der Waals surface area contributed by atoms with E-state index in [9.17, 15) is 9.59 Å². The first-order chi connectivity index (χ1) is 8.74. The maximum Gasteiger partial charge on any atom is 0.266 e. The van der Waals surface area contributed by atoms with E-state index in [1.54, 1.807) is 6.07 Å². The summed E-state index contributed by atoms with van der Waals surface area (Å²) in [7, 11) is 0. The molecule has 1 heterocycles. The Bertz CT molecular complexity index is 515. The lowest BCUT2D eigenvalue weighted by Gasteiger charge is -2.07. The van der Waals surface area contributed by atoms with Crippen molar-refractivity contribution in [3.63, 3.8) is 0 Å². The molecule has 0 unspecified atom stereocenters. The fourth-order valence-corrected chi connectivity index (χ4v) is 2.00. The van der Waals surface area contributed by atoms with Crippen molar-refractivity contribution in [3.05, 3.63) is 28.2 Å². The monoisotopic (exact) mass is 247 g/mol. The van der Waals surface area contributed by atoms with Crippen molar-refractivity contribution in [1.29, 1.82) is 0 Å². The predicted octanol–water partition coefficient (Wildman–Crippen LogP) is 0.647. The molecule has 1 aromatic rings. The lowest BCUT2D eigenvalue weighted by atomic mass is 10.3. The number of aromatic nitrogens is 2. The van der Waals surface area contributed by atoms with Crippen molar-refractivity contribution in [2.24, 2.45) is 5.92 Å². The summed E-state index contributed by atoms with van der Waals surface area (Å²) in [6.45, 7) is 0.939. The van der Waals surface area contributed by atoms with E-state index in [0.717, 1.165) is 18.5 Å². The van der Waals surface area contributed by atoms with Gasteiger partial charge in [-0.25, -0.2) is 4.68 Å². The molecule has 3 rings (SSSR count). The molecule has 0 radical (unpaired) electrons. The van der Waals surface area contributed by atoms with E-state index in [2.05, 4.69) is 10.4 Å². The molecule has 1 amide bonds. The molecular formula is C13H17N3O2. The predicted molar refractivity (Wildman–Crippen MR) is 66.2 cm³/mol. The lowest BCUT2D eigenvalue weighted by molar-refractivity contribution is -0.122. The van der Waals surface area contributed by atoms with Gasteiger partial charge in [0.15, 0.2) is 0 Å². The Hall–Kier alpha value is -1.65. The zero-order chi connectivity index (χ0) is 12.5. The summed E-state index contributed by atoms with van der Waals surface area (Å²) in [5.41, 5.74) is 0.906. The van der Waals surface area contributed by atoms with E-state index >= 15 is 0 Å². The van der Waals surface area contributed by atoms with Gasteiger partial charge < -0.3 is 5.32 Å². The van der Waals surface area contributed by atoms with Crippen LogP contribution >= 0.6 is 0 Å². The third-order valence-electron chi connectivity index (χ3n) is 3.45. The van der Waals surface area contributed by atoms with E-state index in [1.165, 1.54) is 17.5 Å². The van der Waals surface area contributed by atoms with Gasteiger partial charge in [0.05, 0.1) is 12.2 Å². The zero-order valence-electron chi connectivity index (χ0n) is 10.3. The molecule has 5 heteroatoms. The van der Waals surface area contributed by atoms with Crippen LogP contribution in [0.2, 0.25) is 0 Å². The van der Waals surface area contributed by atoms with Gasteiger partial charge in [-0.05, 0) is 31.7 Å². The van der Waals surface area contributed by atoms with E-state index in [-0.39, 0.29) is 17.4 Å². The number of hydrogen-bond acceptors (Lipinski definition) is 3. The summed E-state index contributed by atoms with van der Waals surface area (Å²) >= 11 is 0. The van der Waals surface area contributed by atoms with E-state index in [4.69, 9.17) is 0 Å². The number of amides is 1. The van der Waals surface area contributed by atoms with E-state index < -0.39 is 0 Å². The van der Waals surface area contributed by atoms with Crippen LogP contribution < -0.4 is 10.9 Å². The highest BCUT2D eigenvalue weighted by molar-refractivity contribution is 5.80. The smallest absolute Gasteiger partial charge is 0.266 e. The fourth-order valence-electron chi connectivity index (χ4n) is 2.00. The summed E-state index contributed by atoms with van der Waals surface area (Å²) in [5.74, 6) is 0.867. The molecule has 2 saturated carbocycles. The molecule has 2 fully saturated rings. The number of nitrogens with one attached hydrogen (secondary N) is 1. The van der Waals surface area contributed by atoms with Crippen LogP contribution in [0, 0.1) is 5.92 Å². The average Bonchev–Trinajstić information content (AvgIpc) is 3.22. The minimum Gasteiger partial charge on any atom is -0.354 e. The molecule has 18 heavy (non-hydrogen) atoms. The van der Waals surface area contributed by atoms with Crippen LogP contribution in [0.4, 0.5) is 0 Å². The van der Waals surface area contributed by atoms with Gasteiger partial charge in [-0.15, -0.1) is 0 Å². The third kappa shape index (κ3) is 2.60. The van der Waals surface area contributed by atoms with Crippen LogP contribution in [0.1, 0.15) is 37.3 Å². The summed E-state index contributed by atoms with van der Waals surface area (Å²) < 4.78 is 1.46. The van der Waals surface area contributed by atoms with Crippen LogP contribution in [0.25, 0.3) is 0 Å². The van der Waals surface area contributed by atoms with Crippen LogP contribution in [0.3, 0.4) is 0 Å². The van der Waals surface area contributed by atoms with Gasteiger partial charge in [0.2, 0.25) is 5.91 Å². The van der Waals surface area contributed by atoms with Crippen LogP contribution in [-0.2, 0) is 11.3 Å². The second-order valence-corrected chi connectivity index (χ2v) is 5.16. The quantitative estimate of drug-likeness (QED) is 0.830. The number of rotatable bonds is 5.